The lowest BCUT2D eigenvalue weighted by Gasteiger charge is -2.34. The summed E-state index contributed by atoms with van der Waals surface area (Å²) in [5.74, 6) is 0.771. The van der Waals surface area contributed by atoms with Crippen LogP contribution in [-0.2, 0) is 9.47 Å². The molecule has 2 heteroatoms. The first-order valence-corrected chi connectivity index (χ1v) is 19.6. The highest BCUT2D eigenvalue weighted by atomic mass is 16.5. The van der Waals surface area contributed by atoms with Crippen LogP contribution in [0.25, 0.3) is 0 Å². The second-order valence-electron chi connectivity index (χ2n) is 13.6. The van der Waals surface area contributed by atoms with Crippen LogP contribution in [-0.4, -0.2) is 25.4 Å². The molecule has 1 aliphatic carbocycles. The van der Waals surface area contributed by atoms with Crippen molar-refractivity contribution in [2.75, 3.05) is 13.2 Å². The summed E-state index contributed by atoms with van der Waals surface area (Å²) < 4.78 is 12.8. The van der Waals surface area contributed by atoms with Crippen LogP contribution in [0.4, 0.5) is 0 Å². The van der Waals surface area contributed by atoms with E-state index in [2.05, 4.69) is 69.4 Å². The predicted molar refractivity (Wildman–Crippen MR) is 197 cm³/mol. The maximum Gasteiger partial charge on any atom is 0.0839 e. The largest absolute Gasteiger partial charge is 0.376 e. The maximum absolute atomic E-state index is 6.42. The molecular formula is C42H76O2. The first-order chi connectivity index (χ1) is 21.8. The molecule has 1 fully saturated rings. The second kappa shape index (κ2) is 33.2. The highest BCUT2D eigenvalue weighted by Crippen LogP contribution is 2.29. The summed E-state index contributed by atoms with van der Waals surface area (Å²) in [5.41, 5.74) is 0. The van der Waals surface area contributed by atoms with Gasteiger partial charge in [-0.3, -0.25) is 0 Å². The zero-order valence-corrected chi connectivity index (χ0v) is 30.0. The Kier molecular flexibility index (Phi) is 30.9. The quantitative estimate of drug-likeness (QED) is 0.0573. The van der Waals surface area contributed by atoms with E-state index in [-0.39, 0.29) is 0 Å². The number of unbranched alkanes of at least 4 members (excludes halogenated alkanes) is 17. The maximum atomic E-state index is 6.42. The number of hydrogen-bond acceptors (Lipinski definition) is 2. The van der Waals surface area contributed by atoms with Crippen LogP contribution in [0.3, 0.4) is 0 Å². The number of hydrogen-bond donors (Lipinski definition) is 0. The molecular weight excluding hydrogens is 536 g/mol. The number of ether oxygens (including phenoxy) is 2. The zero-order valence-electron chi connectivity index (χ0n) is 30.0. The molecule has 0 aliphatic heterocycles. The molecule has 0 amide bonds. The Hall–Kier alpha value is -1.12. The molecule has 0 N–H and O–H groups in total. The minimum atomic E-state index is 0.316. The Morgan fingerprint density at radius 3 is 1.34 bits per heavy atom. The van der Waals surface area contributed by atoms with E-state index in [1.54, 1.807) is 0 Å². The zero-order chi connectivity index (χ0) is 31.6. The Balaban J connectivity index is 1.96. The SMILES string of the molecule is CCCCC=CCC=CCCCCCCCCOC1CCC(C)CC1OCCCCCCCCC=CCC=CCCCCC. The van der Waals surface area contributed by atoms with Crippen molar-refractivity contribution in [1.82, 2.24) is 0 Å². The van der Waals surface area contributed by atoms with E-state index in [0.29, 0.717) is 12.2 Å². The summed E-state index contributed by atoms with van der Waals surface area (Å²) in [6.07, 6.45) is 52.7. The predicted octanol–water partition coefficient (Wildman–Crippen LogP) is 13.8. The topological polar surface area (TPSA) is 18.5 Å². The van der Waals surface area contributed by atoms with Crippen LogP contribution in [0.5, 0.6) is 0 Å². The standard InChI is InChI=1S/C42H76O2/c1-4-6-8-10-12-14-16-18-20-22-24-26-28-30-32-34-38-44-42-39-40(3)35-36-41(42)43-37-33-31-29-27-25-23-21-19-17-15-13-11-9-7-5-2/h11-14,17-20,40-42H,4-10,15-16,21-39H2,1-3H3. The molecule has 0 radical (unpaired) electrons. The van der Waals surface area contributed by atoms with Gasteiger partial charge in [0.2, 0.25) is 0 Å². The Morgan fingerprint density at radius 2 is 0.841 bits per heavy atom. The summed E-state index contributed by atoms with van der Waals surface area (Å²) in [4.78, 5) is 0. The van der Waals surface area contributed by atoms with Gasteiger partial charge in [0.15, 0.2) is 0 Å². The van der Waals surface area contributed by atoms with Crippen LogP contribution in [0, 0.1) is 5.92 Å². The van der Waals surface area contributed by atoms with Gasteiger partial charge in [-0.25, -0.2) is 0 Å². The van der Waals surface area contributed by atoms with Gasteiger partial charge in [-0.05, 0) is 95.8 Å². The smallest absolute Gasteiger partial charge is 0.0839 e. The van der Waals surface area contributed by atoms with E-state index in [9.17, 15) is 0 Å². The van der Waals surface area contributed by atoms with Crippen molar-refractivity contribution in [1.29, 1.82) is 0 Å². The third-order valence-corrected chi connectivity index (χ3v) is 9.10. The molecule has 1 rings (SSSR count). The third-order valence-electron chi connectivity index (χ3n) is 9.10. The Labute approximate surface area is 276 Å². The average Bonchev–Trinajstić information content (AvgIpc) is 3.03. The van der Waals surface area contributed by atoms with Crippen molar-refractivity contribution in [3.8, 4) is 0 Å². The van der Waals surface area contributed by atoms with E-state index in [1.807, 2.05) is 0 Å². The van der Waals surface area contributed by atoms with Gasteiger partial charge in [0.05, 0.1) is 12.2 Å². The molecule has 0 aromatic carbocycles. The molecule has 0 saturated heterocycles. The molecule has 0 bridgehead atoms. The first kappa shape index (κ1) is 40.9. The minimum Gasteiger partial charge on any atom is -0.376 e. The lowest BCUT2D eigenvalue weighted by Crippen LogP contribution is -2.37. The van der Waals surface area contributed by atoms with E-state index in [4.69, 9.17) is 9.47 Å². The summed E-state index contributed by atoms with van der Waals surface area (Å²) in [6.45, 7) is 8.73. The van der Waals surface area contributed by atoms with E-state index < -0.39 is 0 Å². The van der Waals surface area contributed by atoms with Crippen molar-refractivity contribution in [2.24, 2.45) is 5.92 Å². The number of rotatable bonds is 31. The first-order valence-electron chi connectivity index (χ1n) is 19.6. The molecule has 0 spiro atoms. The summed E-state index contributed by atoms with van der Waals surface area (Å²) >= 11 is 0. The molecule has 3 unspecified atom stereocenters. The van der Waals surface area contributed by atoms with Crippen LogP contribution in [0.2, 0.25) is 0 Å². The normalized spacial score (nSPS) is 19.5. The van der Waals surface area contributed by atoms with Crippen molar-refractivity contribution in [3.63, 3.8) is 0 Å². The summed E-state index contributed by atoms with van der Waals surface area (Å²) in [5, 5.41) is 0. The average molecular weight is 613 g/mol. The fourth-order valence-corrected chi connectivity index (χ4v) is 6.13. The highest BCUT2D eigenvalue weighted by molar-refractivity contribution is 4.93. The van der Waals surface area contributed by atoms with Gasteiger partial charge in [-0.1, -0.05) is 146 Å². The lowest BCUT2D eigenvalue weighted by atomic mass is 9.86. The van der Waals surface area contributed by atoms with Crippen LogP contribution < -0.4 is 0 Å². The summed E-state index contributed by atoms with van der Waals surface area (Å²) in [6, 6.07) is 0. The van der Waals surface area contributed by atoms with Gasteiger partial charge in [0.1, 0.15) is 0 Å². The van der Waals surface area contributed by atoms with E-state index in [1.165, 1.54) is 154 Å². The van der Waals surface area contributed by atoms with Gasteiger partial charge in [0, 0.05) is 13.2 Å². The van der Waals surface area contributed by atoms with Crippen molar-refractivity contribution < 1.29 is 9.47 Å². The van der Waals surface area contributed by atoms with Crippen molar-refractivity contribution in [2.45, 2.75) is 200 Å². The monoisotopic (exact) mass is 613 g/mol. The van der Waals surface area contributed by atoms with Crippen molar-refractivity contribution in [3.05, 3.63) is 48.6 Å². The van der Waals surface area contributed by atoms with Gasteiger partial charge in [-0.15, -0.1) is 0 Å². The lowest BCUT2D eigenvalue weighted by molar-refractivity contribution is -0.102. The molecule has 1 aliphatic rings. The van der Waals surface area contributed by atoms with Crippen molar-refractivity contribution >= 4 is 0 Å². The van der Waals surface area contributed by atoms with Gasteiger partial charge < -0.3 is 9.47 Å². The van der Waals surface area contributed by atoms with Crippen LogP contribution >= 0.6 is 0 Å². The van der Waals surface area contributed by atoms with E-state index in [0.717, 1.165) is 32.0 Å². The van der Waals surface area contributed by atoms with Gasteiger partial charge in [0.25, 0.3) is 0 Å². The molecule has 256 valence electrons. The third kappa shape index (κ3) is 27.2. The molecule has 0 aromatic rings. The Morgan fingerprint density at radius 1 is 0.432 bits per heavy atom. The molecule has 0 aromatic heterocycles. The minimum absolute atomic E-state index is 0.316. The molecule has 2 nitrogen and oxygen atoms in total. The number of allylic oxidation sites excluding steroid dienone is 8. The highest BCUT2D eigenvalue weighted by Gasteiger charge is 2.29. The molecule has 44 heavy (non-hydrogen) atoms. The van der Waals surface area contributed by atoms with Gasteiger partial charge in [-0.2, -0.15) is 0 Å². The van der Waals surface area contributed by atoms with Crippen LogP contribution in [0.1, 0.15) is 188 Å². The second-order valence-corrected chi connectivity index (χ2v) is 13.6. The molecule has 0 heterocycles. The van der Waals surface area contributed by atoms with Gasteiger partial charge >= 0.3 is 0 Å². The summed E-state index contributed by atoms with van der Waals surface area (Å²) in [7, 11) is 0. The molecule has 1 saturated carbocycles. The fraction of sp³-hybridized carbons (Fsp3) is 0.810. The molecule has 3 atom stereocenters. The Bertz CT molecular complexity index is 690. The fourth-order valence-electron chi connectivity index (χ4n) is 6.13. The van der Waals surface area contributed by atoms with Crippen LogP contribution in [0.15, 0.2) is 48.6 Å². The van der Waals surface area contributed by atoms with E-state index >= 15 is 0 Å².